The molecule has 0 aliphatic carbocycles. The zero-order valence-corrected chi connectivity index (χ0v) is 18.4. The predicted molar refractivity (Wildman–Crippen MR) is 111 cm³/mol. The van der Waals surface area contributed by atoms with E-state index in [1.165, 1.54) is 0 Å². The predicted octanol–water partition coefficient (Wildman–Crippen LogP) is 3.42. The number of nitrogens with one attached hydrogen (secondary N) is 2. The fraction of sp³-hybridized carbons (Fsp3) is 0.591. The normalized spacial score (nSPS) is 13.6. The Kier molecular flexibility index (Phi) is 9.14. The van der Waals surface area contributed by atoms with E-state index in [0.717, 1.165) is 5.56 Å². The highest BCUT2D eigenvalue weighted by Crippen LogP contribution is 2.13. The van der Waals surface area contributed by atoms with E-state index in [-0.39, 0.29) is 18.4 Å². The van der Waals surface area contributed by atoms with Crippen LogP contribution in [-0.4, -0.2) is 35.7 Å². The Labute approximate surface area is 173 Å². The van der Waals surface area contributed by atoms with Crippen molar-refractivity contribution in [3.63, 3.8) is 0 Å². The summed E-state index contributed by atoms with van der Waals surface area (Å²) in [6.45, 7) is 12.7. The SMILES string of the molecule is CC(C)C(NC(=O)OCc1ccccc1)C(=O)NC(C(=O)OC(C)(C)C)C(C)C. The van der Waals surface area contributed by atoms with E-state index in [9.17, 15) is 14.4 Å². The van der Waals surface area contributed by atoms with E-state index in [4.69, 9.17) is 9.47 Å². The zero-order chi connectivity index (χ0) is 22.2. The van der Waals surface area contributed by atoms with Gasteiger partial charge in [-0.3, -0.25) is 4.79 Å². The van der Waals surface area contributed by atoms with Crippen LogP contribution in [0.2, 0.25) is 0 Å². The monoisotopic (exact) mass is 406 g/mol. The minimum Gasteiger partial charge on any atom is -0.458 e. The Morgan fingerprint density at radius 2 is 1.45 bits per heavy atom. The van der Waals surface area contributed by atoms with Gasteiger partial charge in [0, 0.05) is 0 Å². The topological polar surface area (TPSA) is 93.7 Å². The second-order valence-corrected chi connectivity index (χ2v) is 8.69. The fourth-order valence-electron chi connectivity index (χ4n) is 2.53. The first-order valence-electron chi connectivity index (χ1n) is 9.91. The maximum atomic E-state index is 12.8. The van der Waals surface area contributed by atoms with Crippen molar-refractivity contribution in [2.24, 2.45) is 11.8 Å². The van der Waals surface area contributed by atoms with Gasteiger partial charge in [-0.25, -0.2) is 9.59 Å². The van der Waals surface area contributed by atoms with Gasteiger partial charge in [0.05, 0.1) is 0 Å². The van der Waals surface area contributed by atoms with Gasteiger partial charge >= 0.3 is 12.1 Å². The van der Waals surface area contributed by atoms with Crippen LogP contribution in [0.1, 0.15) is 54.0 Å². The number of ether oxygens (including phenoxy) is 2. The van der Waals surface area contributed by atoms with Crippen molar-refractivity contribution < 1.29 is 23.9 Å². The molecular formula is C22H34N2O5. The number of esters is 1. The molecular weight excluding hydrogens is 372 g/mol. The minimum absolute atomic E-state index is 0.103. The molecule has 0 radical (unpaired) electrons. The third-order valence-corrected chi connectivity index (χ3v) is 4.06. The van der Waals surface area contributed by atoms with Gasteiger partial charge in [0.2, 0.25) is 5.91 Å². The maximum absolute atomic E-state index is 12.8. The van der Waals surface area contributed by atoms with Gasteiger partial charge in [0.25, 0.3) is 0 Å². The van der Waals surface area contributed by atoms with E-state index in [1.54, 1.807) is 34.6 Å². The molecule has 162 valence electrons. The molecule has 1 rings (SSSR count). The first-order valence-corrected chi connectivity index (χ1v) is 9.91. The van der Waals surface area contributed by atoms with Gasteiger partial charge in [-0.05, 0) is 38.2 Å². The smallest absolute Gasteiger partial charge is 0.408 e. The molecule has 0 bridgehead atoms. The maximum Gasteiger partial charge on any atom is 0.408 e. The van der Waals surface area contributed by atoms with Gasteiger partial charge in [-0.2, -0.15) is 0 Å². The standard InChI is InChI=1S/C22H34N2O5/c1-14(2)17(24-21(27)28-13-16-11-9-8-10-12-16)19(25)23-18(15(3)4)20(26)29-22(5,6)7/h8-12,14-15,17-18H,13H2,1-7H3,(H,23,25)(H,24,27). The molecule has 1 aromatic carbocycles. The van der Waals surface area contributed by atoms with Crippen molar-refractivity contribution in [1.29, 1.82) is 0 Å². The van der Waals surface area contributed by atoms with Crippen LogP contribution < -0.4 is 10.6 Å². The van der Waals surface area contributed by atoms with Gasteiger partial charge in [0.15, 0.2) is 0 Å². The summed E-state index contributed by atoms with van der Waals surface area (Å²) in [6.07, 6.45) is -0.693. The molecule has 2 N–H and O–H groups in total. The average Bonchev–Trinajstić information content (AvgIpc) is 2.61. The minimum atomic E-state index is -0.845. The lowest BCUT2D eigenvalue weighted by Crippen LogP contribution is -2.55. The number of carbonyl (C=O) groups is 3. The number of alkyl carbamates (subject to hydrolysis) is 1. The quantitative estimate of drug-likeness (QED) is 0.645. The molecule has 0 fully saturated rings. The van der Waals surface area contributed by atoms with Crippen LogP contribution in [0.15, 0.2) is 30.3 Å². The summed E-state index contributed by atoms with van der Waals surface area (Å²) in [7, 11) is 0. The molecule has 0 saturated heterocycles. The highest BCUT2D eigenvalue weighted by Gasteiger charge is 2.33. The third kappa shape index (κ3) is 8.98. The van der Waals surface area contributed by atoms with E-state index in [0.29, 0.717) is 0 Å². The van der Waals surface area contributed by atoms with Crippen molar-refractivity contribution in [3.8, 4) is 0 Å². The van der Waals surface area contributed by atoms with Crippen molar-refractivity contribution >= 4 is 18.0 Å². The lowest BCUT2D eigenvalue weighted by molar-refractivity contribution is -0.160. The van der Waals surface area contributed by atoms with E-state index < -0.39 is 35.7 Å². The number of amides is 2. The molecule has 0 aliphatic rings. The number of hydrogen-bond acceptors (Lipinski definition) is 5. The van der Waals surface area contributed by atoms with Crippen LogP contribution in [0, 0.1) is 11.8 Å². The molecule has 0 spiro atoms. The van der Waals surface area contributed by atoms with Crippen molar-refractivity contribution in [2.75, 3.05) is 0 Å². The van der Waals surface area contributed by atoms with Crippen LogP contribution in [0.3, 0.4) is 0 Å². The average molecular weight is 407 g/mol. The molecule has 2 atom stereocenters. The van der Waals surface area contributed by atoms with Crippen LogP contribution in [0.25, 0.3) is 0 Å². The molecule has 0 heterocycles. The Bertz CT molecular complexity index is 680. The van der Waals surface area contributed by atoms with Crippen LogP contribution in [0.5, 0.6) is 0 Å². The summed E-state index contributed by atoms with van der Waals surface area (Å²) in [5, 5.41) is 5.31. The van der Waals surface area contributed by atoms with E-state index in [1.807, 2.05) is 44.2 Å². The Hall–Kier alpha value is -2.57. The van der Waals surface area contributed by atoms with Crippen molar-refractivity contribution in [1.82, 2.24) is 10.6 Å². The summed E-state index contributed by atoms with van der Waals surface area (Å²) in [6, 6.07) is 7.60. The molecule has 7 heteroatoms. The van der Waals surface area contributed by atoms with Gasteiger partial charge < -0.3 is 20.1 Å². The summed E-state index contributed by atoms with van der Waals surface area (Å²) < 4.78 is 10.6. The van der Waals surface area contributed by atoms with Crippen molar-refractivity contribution in [2.45, 2.75) is 72.8 Å². The molecule has 0 aromatic heterocycles. The number of benzene rings is 1. The first kappa shape index (κ1) is 24.5. The van der Waals surface area contributed by atoms with E-state index >= 15 is 0 Å². The highest BCUT2D eigenvalue weighted by atomic mass is 16.6. The summed E-state index contributed by atoms with van der Waals surface area (Å²) in [5.74, 6) is -1.34. The number of hydrogen-bond donors (Lipinski definition) is 2. The Morgan fingerprint density at radius 3 is 1.93 bits per heavy atom. The first-order chi connectivity index (χ1) is 13.4. The zero-order valence-electron chi connectivity index (χ0n) is 18.4. The lowest BCUT2D eigenvalue weighted by Gasteiger charge is -2.29. The summed E-state index contributed by atoms with van der Waals surface area (Å²) in [4.78, 5) is 37.4. The summed E-state index contributed by atoms with van der Waals surface area (Å²) >= 11 is 0. The fourth-order valence-corrected chi connectivity index (χ4v) is 2.53. The largest absolute Gasteiger partial charge is 0.458 e. The Morgan fingerprint density at radius 1 is 0.897 bits per heavy atom. The second-order valence-electron chi connectivity index (χ2n) is 8.69. The van der Waals surface area contributed by atoms with Crippen molar-refractivity contribution in [3.05, 3.63) is 35.9 Å². The van der Waals surface area contributed by atoms with Crippen LogP contribution in [0.4, 0.5) is 4.79 Å². The van der Waals surface area contributed by atoms with E-state index in [2.05, 4.69) is 10.6 Å². The lowest BCUT2D eigenvalue weighted by atomic mass is 10.00. The Balaban J connectivity index is 2.74. The van der Waals surface area contributed by atoms with Gasteiger partial charge in [-0.1, -0.05) is 58.0 Å². The molecule has 1 aromatic rings. The number of carbonyl (C=O) groups excluding carboxylic acids is 3. The number of rotatable bonds is 8. The molecule has 0 saturated carbocycles. The molecule has 2 amide bonds. The van der Waals surface area contributed by atoms with Crippen LogP contribution in [-0.2, 0) is 25.7 Å². The molecule has 29 heavy (non-hydrogen) atoms. The highest BCUT2D eigenvalue weighted by molar-refractivity contribution is 5.90. The van der Waals surface area contributed by atoms with Crippen LogP contribution >= 0.6 is 0 Å². The molecule has 0 aliphatic heterocycles. The third-order valence-electron chi connectivity index (χ3n) is 4.06. The van der Waals surface area contributed by atoms with Gasteiger partial charge in [0.1, 0.15) is 24.3 Å². The molecule has 2 unspecified atom stereocenters. The second kappa shape index (κ2) is 10.8. The summed E-state index contributed by atoms with van der Waals surface area (Å²) in [5.41, 5.74) is 0.185. The molecule has 7 nitrogen and oxygen atoms in total. The van der Waals surface area contributed by atoms with Gasteiger partial charge in [-0.15, -0.1) is 0 Å².